The maximum absolute atomic E-state index is 12.8. The normalized spacial score (nSPS) is 11.2. The molecule has 0 atom stereocenters. The van der Waals surface area contributed by atoms with Gasteiger partial charge in [0.2, 0.25) is 5.78 Å². The van der Waals surface area contributed by atoms with Crippen LogP contribution in [0.5, 0.6) is 11.5 Å². The highest BCUT2D eigenvalue weighted by Crippen LogP contribution is 2.35. The second kappa shape index (κ2) is 6.57. The zero-order valence-corrected chi connectivity index (χ0v) is 12.3. The van der Waals surface area contributed by atoms with Crippen molar-refractivity contribution >= 4 is 5.78 Å². The van der Waals surface area contributed by atoms with Gasteiger partial charge in [-0.15, -0.1) is 0 Å². The van der Waals surface area contributed by atoms with E-state index in [4.69, 9.17) is 14.2 Å². The molecule has 0 fully saturated rings. The first-order valence-electron chi connectivity index (χ1n) is 6.41. The quantitative estimate of drug-likeness (QED) is 0.711. The van der Waals surface area contributed by atoms with Crippen molar-refractivity contribution in [3.8, 4) is 11.5 Å². The van der Waals surface area contributed by atoms with E-state index in [0.717, 1.165) is 0 Å². The number of Topliss-reactive ketones (excluding diaryl/α,β-unsaturated/α-hetero) is 1. The van der Waals surface area contributed by atoms with Gasteiger partial charge in [0, 0.05) is 7.11 Å². The summed E-state index contributed by atoms with van der Waals surface area (Å²) >= 11 is 0. The van der Waals surface area contributed by atoms with Crippen LogP contribution in [0.25, 0.3) is 0 Å². The lowest BCUT2D eigenvalue weighted by molar-refractivity contribution is -0.00301. The molecule has 0 aliphatic carbocycles. The minimum Gasteiger partial charge on any atom is -0.496 e. The third kappa shape index (κ3) is 2.73. The minimum atomic E-state index is -0.831. The fourth-order valence-electron chi connectivity index (χ4n) is 2.26. The average molecular weight is 266 g/mol. The fraction of sp³-hybridized carbons (Fsp3) is 0.533. The number of rotatable bonds is 7. The molecular weight excluding hydrogens is 244 g/mol. The summed E-state index contributed by atoms with van der Waals surface area (Å²) in [6.07, 6.45) is 1.19. The van der Waals surface area contributed by atoms with Crippen molar-refractivity contribution in [1.82, 2.24) is 0 Å². The van der Waals surface area contributed by atoms with E-state index in [0.29, 0.717) is 29.9 Å². The number of ketones is 1. The van der Waals surface area contributed by atoms with Crippen molar-refractivity contribution in [3.63, 3.8) is 0 Å². The van der Waals surface area contributed by atoms with Gasteiger partial charge in [-0.05, 0) is 25.0 Å². The largest absolute Gasteiger partial charge is 0.496 e. The Morgan fingerprint density at radius 3 is 1.84 bits per heavy atom. The lowest BCUT2D eigenvalue weighted by Gasteiger charge is -2.29. The Labute approximate surface area is 114 Å². The third-order valence-electron chi connectivity index (χ3n) is 3.60. The molecule has 0 bridgehead atoms. The number of carbonyl (C=O) groups is 1. The molecular formula is C15H22O4. The van der Waals surface area contributed by atoms with Crippen molar-refractivity contribution in [2.75, 3.05) is 21.3 Å². The highest BCUT2D eigenvalue weighted by molar-refractivity contribution is 6.06. The summed E-state index contributed by atoms with van der Waals surface area (Å²) in [6, 6.07) is 5.30. The Hall–Kier alpha value is -1.55. The maximum atomic E-state index is 12.8. The van der Waals surface area contributed by atoms with Crippen LogP contribution < -0.4 is 9.47 Å². The van der Waals surface area contributed by atoms with Crippen molar-refractivity contribution in [2.24, 2.45) is 0 Å². The smallest absolute Gasteiger partial charge is 0.202 e. The fourth-order valence-corrected chi connectivity index (χ4v) is 2.26. The van der Waals surface area contributed by atoms with Gasteiger partial charge in [0.15, 0.2) is 0 Å². The summed E-state index contributed by atoms with van der Waals surface area (Å²) in [5.74, 6) is 0.912. The van der Waals surface area contributed by atoms with Crippen LogP contribution in [-0.2, 0) is 4.74 Å². The second-order valence-electron chi connectivity index (χ2n) is 4.27. The summed E-state index contributed by atoms with van der Waals surface area (Å²) in [5.41, 5.74) is -0.389. The monoisotopic (exact) mass is 266 g/mol. The summed E-state index contributed by atoms with van der Waals surface area (Å²) in [4.78, 5) is 12.8. The topological polar surface area (TPSA) is 44.8 Å². The average Bonchev–Trinajstić information content (AvgIpc) is 2.48. The molecule has 0 aromatic heterocycles. The molecule has 4 heteroatoms. The molecule has 1 rings (SSSR count). The van der Waals surface area contributed by atoms with Crippen LogP contribution in [-0.4, -0.2) is 32.7 Å². The van der Waals surface area contributed by atoms with E-state index < -0.39 is 5.60 Å². The zero-order chi connectivity index (χ0) is 14.5. The van der Waals surface area contributed by atoms with E-state index in [1.165, 1.54) is 14.2 Å². The first kappa shape index (κ1) is 15.5. The zero-order valence-electron chi connectivity index (χ0n) is 12.3. The maximum Gasteiger partial charge on any atom is 0.202 e. The van der Waals surface area contributed by atoms with E-state index in [-0.39, 0.29) is 5.78 Å². The van der Waals surface area contributed by atoms with Crippen LogP contribution >= 0.6 is 0 Å². The van der Waals surface area contributed by atoms with Gasteiger partial charge in [-0.25, -0.2) is 0 Å². The van der Waals surface area contributed by atoms with E-state index in [9.17, 15) is 4.79 Å². The first-order valence-corrected chi connectivity index (χ1v) is 6.41. The van der Waals surface area contributed by atoms with Crippen LogP contribution in [0.2, 0.25) is 0 Å². The molecule has 19 heavy (non-hydrogen) atoms. The number of hydrogen-bond acceptors (Lipinski definition) is 4. The Bertz CT molecular complexity index is 405. The van der Waals surface area contributed by atoms with Crippen LogP contribution in [0.4, 0.5) is 0 Å². The lowest BCUT2D eigenvalue weighted by atomic mass is 9.87. The summed E-state index contributed by atoms with van der Waals surface area (Å²) in [5, 5.41) is 0. The van der Waals surface area contributed by atoms with E-state index in [2.05, 4.69) is 0 Å². The molecule has 0 saturated heterocycles. The van der Waals surface area contributed by atoms with Gasteiger partial charge in [-0.2, -0.15) is 0 Å². The van der Waals surface area contributed by atoms with Gasteiger partial charge >= 0.3 is 0 Å². The van der Waals surface area contributed by atoms with Crippen LogP contribution in [0.3, 0.4) is 0 Å². The van der Waals surface area contributed by atoms with Gasteiger partial charge in [0.25, 0.3) is 0 Å². The Morgan fingerprint density at radius 2 is 1.53 bits per heavy atom. The number of hydrogen-bond donors (Lipinski definition) is 0. The summed E-state index contributed by atoms with van der Waals surface area (Å²) in [7, 11) is 4.64. The SMILES string of the molecule is CCC(CC)(OC)C(=O)c1c(OC)cccc1OC. The van der Waals surface area contributed by atoms with E-state index in [1.807, 2.05) is 13.8 Å². The molecule has 0 radical (unpaired) electrons. The molecule has 0 N–H and O–H groups in total. The molecule has 0 amide bonds. The Morgan fingerprint density at radius 1 is 1.05 bits per heavy atom. The molecule has 0 unspecified atom stereocenters. The second-order valence-corrected chi connectivity index (χ2v) is 4.27. The molecule has 0 aliphatic heterocycles. The first-order chi connectivity index (χ1) is 9.10. The minimum absolute atomic E-state index is 0.102. The van der Waals surface area contributed by atoms with Gasteiger partial charge in [0.1, 0.15) is 22.7 Å². The van der Waals surface area contributed by atoms with Crippen LogP contribution in [0, 0.1) is 0 Å². The summed E-state index contributed by atoms with van der Waals surface area (Å²) < 4.78 is 16.1. The Kier molecular flexibility index (Phi) is 5.36. The van der Waals surface area contributed by atoms with Crippen LogP contribution in [0.1, 0.15) is 37.0 Å². The molecule has 0 aliphatic rings. The predicted octanol–water partition coefficient (Wildman–Crippen LogP) is 3.09. The lowest BCUT2D eigenvalue weighted by Crippen LogP contribution is -2.40. The molecule has 0 saturated carbocycles. The standard InChI is InChI=1S/C15H22O4/c1-6-15(7-2,19-5)14(16)13-11(17-3)9-8-10-12(13)18-4/h8-10H,6-7H2,1-5H3. The van der Waals surface area contributed by atoms with Crippen LogP contribution in [0.15, 0.2) is 18.2 Å². The van der Waals surface area contributed by atoms with Gasteiger partial charge < -0.3 is 14.2 Å². The van der Waals surface area contributed by atoms with Crippen molar-refractivity contribution in [1.29, 1.82) is 0 Å². The number of benzene rings is 1. The predicted molar refractivity (Wildman–Crippen MR) is 74.2 cm³/mol. The number of carbonyl (C=O) groups excluding carboxylic acids is 1. The number of ether oxygens (including phenoxy) is 3. The van der Waals surface area contributed by atoms with Gasteiger partial charge in [0.05, 0.1) is 14.2 Å². The Balaban J connectivity index is 3.39. The van der Waals surface area contributed by atoms with Crippen molar-refractivity contribution < 1.29 is 19.0 Å². The molecule has 0 heterocycles. The highest BCUT2D eigenvalue weighted by Gasteiger charge is 2.38. The van der Waals surface area contributed by atoms with Crippen molar-refractivity contribution in [2.45, 2.75) is 32.3 Å². The van der Waals surface area contributed by atoms with E-state index >= 15 is 0 Å². The van der Waals surface area contributed by atoms with Gasteiger partial charge in [-0.1, -0.05) is 19.9 Å². The van der Waals surface area contributed by atoms with E-state index in [1.54, 1.807) is 25.3 Å². The molecule has 106 valence electrons. The molecule has 1 aromatic rings. The van der Waals surface area contributed by atoms with Gasteiger partial charge in [-0.3, -0.25) is 4.79 Å². The third-order valence-corrected chi connectivity index (χ3v) is 3.60. The molecule has 0 spiro atoms. The molecule has 1 aromatic carbocycles. The number of methoxy groups -OCH3 is 3. The highest BCUT2D eigenvalue weighted by atomic mass is 16.5. The summed E-state index contributed by atoms with van der Waals surface area (Å²) in [6.45, 7) is 3.87. The van der Waals surface area contributed by atoms with Crippen molar-refractivity contribution in [3.05, 3.63) is 23.8 Å². The molecule has 4 nitrogen and oxygen atoms in total.